The predicted octanol–water partition coefficient (Wildman–Crippen LogP) is 2.69. The van der Waals surface area contributed by atoms with Gasteiger partial charge in [-0.2, -0.15) is 0 Å². The molecule has 0 amide bonds. The van der Waals surface area contributed by atoms with Crippen LogP contribution in [0.1, 0.15) is 22.2 Å². The van der Waals surface area contributed by atoms with Crippen LogP contribution < -0.4 is 0 Å². The molecule has 0 saturated carbocycles. The molecular formula is C10H9BrN2OS. The number of thiazole rings is 1. The molecule has 5 heteroatoms. The molecule has 2 rings (SSSR count). The van der Waals surface area contributed by atoms with Gasteiger partial charge in [-0.25, -0.2) is 4.98 Å². The van der Waals surface area contributed by atoms with Crippen molar-refractivity contribution in [3.8, 4) is 0 Å². The minimum absolute atomic E-state index is 0.679. The molecule has 0 fully saturated rings. The summed E-state index contributed by atoms with van der Waals surface area (Å²) in [6, 6.07) is 1.88. The fourth-order valence-corrected chi connectivity index (χ4v) is 2.55. The van der Waals surface area contributed by atoms with Crippen LogP contribution in [0.15, 0.2) is 28.4 Å². The standard InChI is InChI=1S/C10H9BrN2OS/c1-6-2-3-12-4-7(6)9(14)10-13-8(11)5-15-10/h2-5,9,14H,1H3. The van der Waals surface area contributed by atoms with E-state index in [0.717, 1.165) is 15.7 Å². The van der Waals surface area contributed by atoms with Crippen LogP contribution in [0.4, 0.5) is 0 Å². The lowest BCUT2D eigenvalue weighted by atomic mass is 10.1. The quantitative estimate of drug-likeness (QED) is 0.922. The second-order valence-electron chi connectivity index (χ2n) is 3.14. The predicted molar refractivity (Wildman–Crippen MR) is 62.8 cm³/mol. The van der Waals surface area contributed by atoms with E-state index in [4.69, 9.17) is 0 Å². The highest BCUT2D eigenvalue weighted by Crippen LogP contribution is 2.27. The Labute approximate surface area is 100.0 Å². The second-order valence-corrected chi connectivity index (χ2v) is 4.85. The minimum Gasteiger partial charge on any atom is -0.381 e. The van der Waals surface area contributed by atoms with Gasteiger partial charge in [0.05, 0.1) is 0 Å². The van der Waals surface area contributed by atoms with Crippen molar-refractivity contribution in [3.63, 3.8) is 0 Å². The summed E-state index contributed by atoms with van der Waals surface area (Å²) >= 11 is 4.69. The molecule has 2 heterocycles. The maximum atomic E-state index is 10.1. The van der Waals surface area contributed by atoms with Crippen molar-refractivity contribution in [2.24, 2.45) is 0 Å². The average molecular weight is 285 g/mol. The van der Waals surface area contributed by atoms with E-state index in [-0.39, 0.29) is 0 Å². The molecule has 0 aliphatic rings. The first-order valence-electron chi connectivity index (χ1n) is 4.38. The summed E-state index contributed by atoms with van der Waals surface area (Å²) in [5.41, 5.74) is 1.82. The third-order valence-corrected chi connectivity index (χ3v) is 3.71. The van der Waals surface area contributed by atoms with Crippen molar-refractivity contribution in [2.45, 2.75) is 13.0 Å². The number of hydrogen-bond acceptors (Lipinski definition) is 4. The summed E-state index contributed by atoms with van der Waals surface area (Å²) in [4.78, 5) is 8.19. The number of pyridine rings is 1. The van der Waals surface area contributed by atoms with Gasteiger partial charge in [-0.1, -0.05) is 0 Å². The van der Waals surface area contributed by atoms with Crippen LogP contribution in [0.3, 0.4) is 0 Å². The summed E-state index contributed by atoms with van der Waals surface area (Å²) in [6.45, 7) is 1.95. The van der Waals surface area contributed by atoms with Crippen molar-refractivity contribution >= 4 is 27.3 Å². The molecule has 0 spiro atoms. The largest absolute Gasteiger partial charge is 0.381 e. The lowest BCUT2D eigenvalue weighted by molar-refractivity contribution is 0.218. The van der Waals surface area contributed by atoms with Gasteiger partial charge >= 0.3 is 0 Å². The van der Waals surface area contributed by atoms with Gasteiger partial charge < -0.3 is 5.11 Å². The van der Waals surface area contributed by atoms with Crippen LogP contribution in [-0.4, -0.2) is 15.1 Å². The van der Waals surface area contributed by atoms with Gasteiger partial charge in [0, 0.05) is 23.3 Å². The monoisotopic (exact) mass is 284 g/mol. The summed E-state index contributed by atoms with van der Waals surface area (Å²) in [5.74, 6) is 0. The van der Waals surface area contributed by atoms with Crippen LogP contribution in [0.2, 0.25) is 0 Å². The summed E-state index contributed by atoms with van der Waals surface area (Å²) in [5, 5.41) is 12.6. The van der Waals surface area contributed by atoms with E-state index in [1.54, 1.807) is 12.4 Å². The SMILES string of the molecule is Cc1ccncc1C(O)c1nc(Br)cs1. The smallest absolute Gasteiger partial charge is 0.132 e. The second kappa shape index (κ2) is 4.38. The Hall–Kier alpha value is -0.780. The number of nitrogens with zero attached hydrogens (tertiary/aromatic N) is 2. The van der Waals surface area contributed by atoms with Crippen LogP contribution in [0, 0.1) is 6.92 Å². The van der Waals surface area contributed by atoms with Crippen LogP contribution in [-0.2, 0) is 0 Å². The summed E-state index contributed by atoms with van der Waals surface area (Å²) < 4.78 is 0.753. The van der Waals surface area contributed by atoms with Gasteiger partial charge in [0.25, 0.3) is 0 Å². The number of aromatic nitrogens is 2. The Bertz CT molecular complexity index is 472. The number of hydrogen-bond donors (Lipinski definition) is 1. The molecule has 1 atom stereocenters. The van der Waals surface area contributed by atoms with Crippen LogP contribution in [0.5, 0.6) is 0 Å². The lowest BCUT2D eigenvalue weighted by Gasteiger charge is -2.09. The first-order valence-corrected chi connectivity index (χ1v) is 6.05. The van der Waals surface area contributed by atoms with Crippen LogP contribution in [0.25, 0.3) is 0 Å². The summed E-state index contributed by atoms with van der Waals surface area (Å²) in [7, 11) is 0. The van der Waals surface area contributed by atoms with Crippen molar-refractivity contribution in [2.75, 3.05) is 0 Å². The zero-order chi connectivity index (χ0) is 10.8. The van der Waals surface area contributed by atoms with Gasteiger partial charge in [-0.15, -0.1) is 11.3 Å². The Morgan fingerprint density at radius 1 is 1.53 bits per heavy atom. The average Bonchev–Trinajstić information content (AvgIpc) is 2.65. The molecule has 0 aromatic carbocycles. The normalized spacial score (nSPS) is 12.7. The molecule has 1 unspecified atom stereocenters. The van der Waals surface area contributed by atoms with Crippen molar-refractivity contribution in [3.05, 3.63) is 44.6 Å². The maximum absolute atomic E-state index is 10.1. The highest BCUT2D eigenvalue weighted by Gasteiger charge is 2.16. The Morgan fingerprint density at radius 2 is 2.33 bits per heavy atom. The highest BCUT2D eigenvalue weighted by atomic mass is 79.9. The zero-order valence-corrected chi connectivity index (χ0v) is 10.4. The zero-order valence-electron chi connectivity index (χ0n) is 8.01. The third kappa shape index (κ3) is 2.25. The fourth-order valence-electron chi connectivity index (χ4n) is 1.29. The van der Waals surface area contributed by atoms with Gasteiger partial charge in [-0.05, 0) is 34.5 Å². The maximum Gasteiger partial charge on any atom is 0.132 e. The van der Waals surface area contributed by atoms with E-state index in [1.165, 1.54) is 11.3 Å². The molecule has 15 heavy (non-hydrogen) atoms. The van der Waals surface area contributed by atoms with Gasteiger partial charge in [0.15, 0.2) is 0 Å². The molecule has 0 aliphatic heterocycles. The number of rotatable bonds is 2. The molecular weight excluding hydrogens is 276 g/mol. The van der Waals surface area contributed by atoms with E-state index in [9.17, 15) is 5.11 Å². The van der Waals surface area contributed by atoms with Crippen molar-refractivity contribution < 1.29 is 5.11 Å². The molecule has 78 valence electrons. The molecule has 0 bridgehead atoms. The van der Waals surface area contributed by atoms with Gasteiger partial charge in [0.2, 0.25) is 0 Å². The van der Waals surface area contributed by atoms with Gasteiger partial charge in [0.1, 0.15) is 15.7 Å². The molecule has 0 aliphatic carbocycles. The first kappa shape index (κ1) is 10.7. The van der Waals surface area contributed by atoms with E-state index in [0.29, 0.717) is 5.01 Å². The number of aliphatic hydroxyl groups excluding tert-OH is 1. The molecule has 0 saturated heterocycles. The number of halogens is 1. The lowest BCUT2D eigenvalue weighted by Crippen LogP contribution is -2.01. The minimum atomic E-state index is -0.685. The molecule has 2 aromatic rings. The van der Waals surface area contributed by atoms with E-state index in [2.05, 4.69) is 25.9 Å². The number of aliphatic hydroxyl groups is 1. The molecule has 1 N–H and O–H groups in total. The molecule has 2 aromatic heterocycles. The summed E-state index contributed by atoms with van der Waals surface area (Å²) in [6.07, 6.45) is 2.70. The third-order valence-electron chi connectivity index (χ3n) is 2.10. The van der Waals surface area contributed by atoms with Gasteiger partial charge in [-0.3, -0.25) is 4.98 Å². The van der Waals surface area contributed by atoms with E-state index in [1.807, 2.05) is 18.4 Å². The van der Waals surface area contributed by atoms with E-state index < -0.39 is 6.10 Å². The fraction of sp³-hybridized carbons (Fsp3) is 0.200. The topological polar surface area (TPSA) is 46.0 Å². The molecule has 3 nitrogen and oxygen atoms in total. The first-order chi connectivity index (χ1) is 7.18. The number of aryl methyl sites for hydroxylation is 1. The van der Waals surface area contributed by atoms with Crippen LogP contribution >= 0.6 is 27.3 Å². The molecule has 0 radical (unpaired) electrons. The van der Waals surface area contributed by atoms with Crippen molar-refractivity contribution in [1.82, 2.24) is 9.97 Å². The Balaban J connectivity index is 2.36. The Morgan fingerprint density at radius 3 is 2.93 bits per heavy atom. The van der Waals surface area contributed by atoms with Crippen molar-refractivity contribution in [1.29, 1.82) is 0 Å². The Kier molecular flexibility index (Phi) is 3.14. The van der Waals surface area contributed by atoms with E-state index >= 15 is 0 Å². The highest BCUT2D eigenvalue weighted by molar-refractivity contribution is 9.10.